The molecule has 1 amide bonds. The van der Waals surface area contributed by atoms with Crippen LogP contribution < -0.4 is 5.73 Å². The molecule has 2 fully saturated rings. The molecule has 0 saturated carbocycles. The SMILES string of the molecule is Cc1ccc(C(N)C(=O)N2C3CCC2CC(O)C3)cc1. The molecular formula is C16H22N2O2. The number of amides is 1. The Morgan fingerprint density at radius 2 is 1.80 bits per heavy atom. The third kappa shape index (κ3) is 2.34. The van der Waals surface area contributed by atoms with Crippen LogP contribution >= 0.6 is 0 Å². The normalized spacial score (nSPS) is 30.4. The maximum absolute atomic E-state index is 12.7. The van der Waals surface area contributed by atoms with Crippen LogP contribution in [0.25, 0.3) is 0 Å². The van der Waals surface area contributed by atoms with Crippen LogP contribution in [0.5, 0.6) is 0 Å². The van der Waals surface area contributed by atoms with Crippen LogP contribution in [-0.2, 0) is 4.79 Å². The average molecular weight is 274 g/mol. The van der Waals surface area contributed by atoms with E-state index in [4.69, 9.17) is 5.73 Å². The summed E-state index contributed by atoms with van der Waals surface area (Å²) in [5.74, 6) is 0.00764. The van der Waals surface area contributed by atoms with Crippen molar-refractivity contribution in [1.29, 1.82) is 0 Å². The summed E-state index contributed by atoms with van der Waals surface area (Å²) in [4.78, 5) is 14.6. The molecule has 3 unspecified atom stereocenters. The minimum atomic E-state index is -0.589. The van der Waals surface area contributed by atoms with Crippen molar-refractivity contribution >= 4 is 5.91 Å². The largest absolute Gasteiger partial charge is 0.393 e. The zero-order valence-electron chi connectivity index (χ0n) is 11.8. The Labute approximate surface area is 119 Å². The number of benzene rings is 1. The van der Waals surface area contributed by atoms with Crippen molar-refractivity contribution in [3.63, 3.8) is 0 Å². The minimum Gasteiger partial charge on any atom is -0.393 e. The summed E-state index contributed by atoms with van der Waals surface area (Å²) < 4.78 is 0. The first kappa shape index (κ1) is 13.6. The predicted molar refractivity (Wildman–Crippen MR) is 77.0 cm³/mol. The Morgan fingerprint density at radius 3 is 2.35 bits per heavy atom. The number of aryl methyl sites for hydroxylation is 1. The molecular weight excluding hydrogens is 252 g/mol. The summed E-state index contributed by atoms with van der Waals surface area (Å²) in [7, 11) is 0. The van der Waals surface area contributed by atoms with Crippen LogP contribution in [0.1, 0.15) is 42.9 Å². The van der Waals surface area contributed by atoms with Gasteiger partial charge in [0.05, 0.1) is 6.10 Å². The van der Waals surface area contributed by atoms with E-state index in [0.29, 0.717) is 12.8 Å². The molecule has 2 aliphatic rings. The number of aliphatic hydroxyl groups excluding tert-OH is 1. The number of nitrogens with zero attached hydrogens (tertiary/aromatic N) is 1. The van der Waals surface area contributed by atoms with Crippen LogP contribution in [0.3, 0.4) is 0 Å². The molecule has 2 aliphatic heterocycles. The average Bonchev–Trinajstić information content (AvgIpc) is 2.70. The fourth-order valence-electron chi connectivity index (χ4n) is 3.59. The van der Waals surface area contributed by atoms with Gasteiger partial charge in [0.1, 0.15) is 6.04 Å². The molecule has 1 aromatic carbocycles. The molecule has 3 atom stereocenters. The predicted octanol–water partition coefficient (Wildman–Crippen LogP) is 1.51. The second kappa shape index (κ2) is 5.19. The lowest BCUT2D eigenvalue weighted by Crippen LogP contribution is -2.50. The molecule has 4 nitrogen and oxygen atoms in total. The van der Waals surface area contributed by atoms with E-state index in [-0.39, 0.29) is 24.1 Å². The smallest absolute Gasteiger partial charge is 0.244 e. The Bertz CT molecular complexity index is 486. The van der Waals surface area contributed by atoms with Crippen LogP contribution in [0, 0.1) is 6.92 Å². The maximum atomic E-state index is 12.7. The van der Waals surface area contributed by atoms with E-state index in [9.17, 15) is 9.90 Å². The van der Waals surface area contributed by atoms with Crippen LogP contribution in [-0.4, -0.2) is 34.1 Å². The zero-order chi connectivity index (χ0) is 14.3. The number of aliphatic hydroxyl groups is 1. The van der Waals surface area contributed by atoms with Gasteiger partial charge in [0, 0.05) is 12.1 Å². The van der Waals surface area contributed by atoms with Gasteiger partial charge in [-0.15, -0.1) is 0 Å². The van der Waals surface area contributed by atoms with Crippen LogP contribution in [0.15, 0.2) is 24.3 Å². The third-order valence-electron chi connectivity index (χ3n) is 4.67. The first-order chi connectivity index (χ1) is 9.56. The lowest BCUT2D eigenvalue weighted by atomic mass is 9.97. The second-order valence-electron chi connectivity index (χ2n) is 6.14. The van der Waals surface area contributed by atoms with Crippen molar-refractivity contribution in [2.24, 2.45) is 5.73 Å². The standard InChI is InChI=1S/C16H22N2O2/c1-10-2-4-11(5-3-10)15(17)16(20)18-12-6-7-13(18)9-14(19)8-12/h2-5,12-15,19H,6-9,17H2,1H3. The molecule has 2 saturated heterocycles. The van der Waals surface area contributed by atoms with Gasteiger partial charge in [0.2, 0.25) is 5.91 Å². The lowest BCUT2D eigenvalue weighted by molar-refractivity contribution is -0.139. The van der Waals surface area contributed by atoms with Gasteiger partial charge in [-0.2, -0.15) is 0 Å². The fourth-order valence-corrected chi connectivity index (χ4v) is 3.59. The van der Waals surface area contributed by atoms with Gasteiger partial charge in [0.25, 0.3) is 0 Å². The number of carbonyl (C=O) groups excluding carboxylic acids is 1. The van der Waals surface area contributed by atoms with Crippen molar-refractivity contribution in [1.82, 2.24) is 4.90 Å². The number of piperidine rings is 1. The van der Waals surface area contributed by atoms with Crippen molar-refractivity contribution in [2.45, 2.75) is 56.8 Å². The number of hydrogen-bond acceptors (Lipinski definition) is 3. The van der Waals surface area contributed by atoms with Gasteiger partial charge in [-0.3, -0.25) is 4.79 Å². The molecule has 108 valence electrons. The van der Waals surface area contributed by atoms with E-state index in [1.54, 1.807) is 0 Å². The van der Waals surface area contributed by atoms with Gasteiger partial charge in [-0.25, -0.2) is 0 Å². The molecule has 20 heavy (non-hydrogen) atoms. The molecule has 2 heterocycles. The van der Waals surface area contributed by atoms with Crippen molar-refractivity contribution in [2.75, 3.05) is 0 Å². The van der Waals surface area contributed by atoms with Crippen LogP contribution in [0.2, 0.25) is 0 Å². The lowest BCUT2D eigenvalue weighted by Gasteiger charge is -2.38. The third-order valence-corrected chi connectivity index (χ3v) is 4.67. The first-order valence-corrected chi connectivity index (χ1v) is 7.38. The monoisotopic (exact) mass is 274 g/mol. The number of hydrogen-bond donors (Lipinski definition) is 2. The van der Waals surface area contributed by atoms with Gasteiger partial charge in [-0.05, 0) is 38.2 Å². The summed E-state index contributed by atoms with van der Waals surface area (Å²) in [6.07, 6.45) is 3.13. The van der Waals surface area contributed by atoms with E-state index >= 15 is 0 Å². The number of rotatable bonds is 2. The summed E-state index contributed by atoms with van der Waals surface area (Å²) in [6, 6.07) is 7.58. The highest BCUT2D eigenvalue weighted by molar-refractivity contribution is 5.84. The highest BCUT2D eigenvalue weighted by atomic mass is 16.3. The van der Waals surface area contributed by atoms with Gasteiger partial charge in [0.15, 0.2) is 0 Å². The molecule has 0 aromatic heterocycles. The van der Waals surface area contributed by atoms with Crippen molar-refractivity contribution < 1.29 is 9.90 Å². The van der Waals surface area contributed by atoms with E-state index in [2.05, 4.69) is 0 Å². The van der Waals surface area contributed by atoms with E-state index in [0.717, 1.165) is 24.0 Å². The van der Waals surface area contributed by atoms with Gasteiger partial charge in [-0.1, -0.05) is 29.8 Å². The Hall–Kier alpha value is -1.39. The zero-order valence-corrected chi connectivity index (χ0v) is 11.8. The van der Waals surface area contributed by atoms with Crippen LogP contribution in [0.4, 0.5) is 0 Å². The first-order valence-electron chi connectivity index (χ1n) is 7.38. The molecule has 4 heteroatoms. The molecule has 2 bridgehead atoms. The molecule has 0 radical (unpaired) electrons. The Kier molecular flexibility index (Phi) is 3.52. The van der Waals surface area contributed by atoms with Gasteiger partial charge < -0.3 is 15.7 Å². The number of nitrogens with two attached hydrogens (primary N) is 1. The quantitative estimate of drug-likeness (QED) is 0.859. The second-order valence-corrected chi connectivity index (χ2v) is 6.14. The van der Waals surface area contributed by atoms with E-state index in [1.807, 2.05) is 36.1 Å². The summed E-state index contributed by atoms with van der Waals surface area (Å²) in [5, 5.41) is 9.81. The topological polar surface area (TPSA) is 66.6 Å². The van der Waals surface area contributed by atoms with Crippen molar-refractivity contribution in [3.05, 3.63) is 35.4 Å². The molecule has 0 spiro atoms. The number of fused-ring (bicyclic) bond motifs is 2. The maximum Gasteiger partial charge on any atom is 0.244 e. The van der Waals surface area contributed by atoms with E-state index < -0.39 is 6.04 Å². The Morgan fingerprint density at radius 1 is 1.25 bits per heavy atom. The summed E-state index contributed by atoms with van der Waals surface area (Å²) in [5.41, 5.74) is 8.18. The summed E-state index contributed by atoms with van der Waals surface area (Å²) >= 11 is 0. The fraction of sp³-hybridized carbons (Fsp3) is 0.562. The molecule has 3 rings (SSSR count). The summed E-state index contributed by atoms with van der Waals surface area (Å²) in [6.45, 7) is 2.02. The minimum absolute atomic E-state index is 0.00764. The van der Waals surface area contributed by atoms with E-state index in [1.165, 1.54) is 0 Å². The number of carbonyl (C=O) groups is 1. The van der Waals surface area contributed by atoms with Crippen molar-refractivity contribution in [3.8, 4) is 0 Å². The Balaban J connectivity index is 1.77. The highest BCUT2D eigenvalue weighted by Gasteiger charge is 2.44. The molecule has 1 aromatic rings. The highest BCUT2D eigenvalue weighted by Crippen LogP contribution is 2.37. The van der Waals surface area contributed by atoms with Gasteiger partial charge >= 0.3 is 0 Å². The molecule has 3 N–H and O–H groups in total. The molecule has 0 aliphatic carbocycles.